The molecule has 0 amide bonds. The Balaban J connectivity index is 1.77. The summed E-state index contributed by atoms with van der Waals surface area (Å²) in [7, 11) is 0. The predicted octanol–water partition coefficient (Wildman–Crippen LogP) is 1.72. The molecule has 0 bridgehead atoms. The van der Waals surface area contributed by atoms with Crippen LogP contribution >= 0.6 is 0 Å². The van der Waals surface area contributed by atoms with Crippen LogP contribution in [0.1, 0.15) is 25.7 Å². The molecule has 1 unspecified atom stereocenters. The maximum absolute atomic E-state index is 12.4. The molecular formula is C11H20F2N2. The molecule has 2 rings (SSSR count). The zero-order valence-corrected chi connectivity index (χ0v) is 9.09. The number of alkyl halides is 2. The SMILES string of the molecule is FC(F)CN(CC1CCCNC1)C1CC1. The Morgan fingerprint density at radius 2 is 2.07 bits per heavy atom. The molecule has 0 aromatic heterocycles. The van der Waals surface area contributed by atoms with E-state index in [4.69, 9.17) is 0 Å². The number of nitrogens with one attached hydrogen (secondary N) is 1. The average molecular weight is 218 g/mol. The fraction of sp³-hybridized carbons (Fsp3) is 1.00. The lowest BCUT2D eigenvalue weighted by atomic mass is 9.99. The monoisotopic (exact) mass is 218 g/mol. The van der Waals surface area contributed by atoms with E-state index in [9.17, 15) is 8.78 Å². The van der Waals surface area contributed by atoms with Gasteiger partial charge < -0.3 is 5.32 Å². The summed E-state index contributed by atoms with van der Waals surface area (Å²) in [5, 5.41) is 3.34. The van der Waals surface area contributed by atoms with Crippen LogP contribution in [0, 0.1) is 5.92 Å². The summed E-state index contributed by atoms with van der Waals surface area (Å²) < 4.78 is 24.7. The maximum atomic E-state index is 12.4. The first kappa shape index (κ1) is 11.3. The quantitative estimate of drug-likeness (QED) is 0.756. The van der Waals surface area contributed by atoms with E-state index < -0.39 is 6.43 Å². The van der Waals surface area contributed by atoms with Crippen molar-refractivity contribution >= 4 is 0 Å². The highest BCUT2D eigenvalue weighted by Crippen LogP contribution is 2.28. The summed E-state index contributed by atoms with van der Waals surface area (Å²) in [6.07, 6.45) is 2.44. The van der Waals surface area contributed by atoms with Crippen molar-refractivity contribution in [3.8, 4) is 0 Å². The molecule has 0 radical (unpaired) electrons. The van der Waals surface area contributed by atoms with Crippen molar-refractivity contribution in [1.82, 2.24) is 10.2 Å². The van der Waals surface area contributed by atoms with Gasteiger partial charge >= 0.3 is 0 Å². The smallest absolute Gasteiger partial charge is 0.251 e. The van der Waals surface area contributed by atoms with E-state index in [-0.39, 0.29) is 6.54 Å². The molecule has 15 heavy (non-hydrogen) atoms. The van der Waals surface area contributed by atoms with Crippen molar-refractivity contribution in [2.75, 3.05) is 26.2 Å². The van der Waals surface area contributed by atoms with Crippen LogP contribution in [-0.2, 0) is 0 Å². The Labute approximate surface area is 90.0 Å². The highest BCUT2D eigenvalue weighted by molar-refractivity contribution is 4.86. The summed E-state index contributed by atoms with van der Waals surface area (Å²) in [5.74, 6) is 0.582. The zero-order chi connectivity index (χ0) is 10.7. The standard InChI is InChI=1S/C11H20F2N2/c12-11(13)8-15(10-3-4-10)7-9-2-1-5-14-6-9/h9-11,14H,1-8H2. The number of halogens is 2. The molecule has 1 aliphatic heterocycles. The third-order valence-corrected chi connectivity index (χ3v) is 3.33. The van der Waals surface area contributed by atoms with Crippen LogP contribution in [0.5, 0.6) is 0 Å². The van der Waals surface area contributed by atoms with Crippen molar-refractivity contribution in [3.63, 3.8) is 0 Å². The van der Waals surface area contributed by atoms with Gasteiger partial charge in [0.05, 0.1) is 6.54 Å². The topological polar surface area (TPSA) is 15.3 Å². The fourth-order valence-electron chi connectivity index (χ4n) is 2.40. The second kappa shape index (κ2) is 5.21. The molecule has 1 N–H and O–H groups in total. The molecule has 1 saturated heterocycles. The number of piperidine rings is 1. The zero-order valence-electron chi connectivity index (χ0n) is 9.09. The van der Waals surface area contributed by atoms with Gasteiger partial charge in [-0.05, 0) is 44.7 Å². The summed E-state index contributed by atoms with van der Waals surface area (Å²) in [5.41, 5.74) is 0. The number of nitrogens with zero attached hydrogens (tertiary/aromatic N) is 1. The molecular weight excluding hydrogens is 198 g/mol. The lowest BCUT2D eigenvalue weighted by Crippen LogP contribution is -2.41. The first-order valence-electron chi connectivity index (χ1n) is 5.98. The summed E-state index contributed by atoms with van der Waals surface area (Å²) in [6.45, 7) is 2.93. The van der Waals surface area contributed by atoms with E-state index in [1.54, 1.807) is 0 Å². The van der Waals surface area contributed by atoms with Crippen LogP contribution in [-0.4, -0.2) is 43.5 Å². The van der Waals surface area contributed by atoms with Crippen LogP contribution in [0.25, 0.3) is 0 Å². The minimum atomic E-state index is -2.18. The molecule has 1 heterocycles. The first-order chi connectivity index (χ1) is 7.25. The molecule has 88 valence electrons. The van der Waals surface area contributed by atoms with Gasteiger partial charge in [0.15, 0.2) is 0 Å². The molecule has 4 heteroatoms. The van der Waals surface area contributed by atoms with E-state index in [1.165, 1.54) is 12.8 Å². The van der Waals surface area contributed by atoms with E-state index >= 15 is 0 Å². The van der Waals surface area contributed by atoms with E-state index in [1.807, 2.05) is 4.90 Å². The lowest BCUT2D eigenvalue weighted by molar-refractivity contribution is 0.0729. The predicted molar refractivity (Wildman–Crippen MR) is 56.2 cm³/mol. The Kier molecular flexibility index (Phi) is 3.92. The van der Waals surface area contributed by atoms with Crippen LogP contribution < -0.4 is 5.32 Å². The normalized spacial score (nSPS) is 27.6. The van der Waals surface area contributed by atoms with E-state index in [0.29, 0.717) is 12.0 Å². The molecule has 0 aromatic carbocycles. The van der Waals surface area contributed by atoms with Crippen molar-refractivity contribution < 1.29 is 8.78 Å². The summed E-state index contributed by atoms with van der Waals surface area (Å²) in [6, 6.07) is 0.459. The minimum absolute atomic E-state index is 0.0266. The van der Waals surface area contributed by atoms with Crippen LogP contribution in [0.4, 0.5) is 8.78 Å². The van der Waals surface area contributed by atoms with Gasteiger partial charge in [-0.3, -0.25) is 4.90 Å². The van der Waals surface area contributed by atoms with Gasteiger partial charge in [-0.15, -0.1) is 0 Å². The third kappa shape index (κ3) is 3.68. The Hall–Kier alpha value is -0.220. The Morgan fingerprint density at radius 3 is 2.60 bits per heavy atom. The molecule has 1 saturated carbocycles. The highest BCUT2D eigenvalue weighted by Gasteiger charge is 2.32. The Bertz CT molecular complexity index is 189. The van der Waals surface area contributed by atoms with Gasteiger partial charge in [-0.1, -0.05) is 0 Å². The van der Waals surface area contributed by atoms with Crippen molar-refractivity contribution in [1.29, 1.82) is 0 Å². The molecule has 0 spiro atoms. The van der Waals surface area contributed by atoms with Gasteiger partial charge in [0, 0.05) is 12.6 Å². The third-order valence-electron chi connectivity index (χ3n) is 3.33. The molecule has 0 aromatic rings. The number of hydrogen-bond donors (Lipinski definition) is 1. The van der Waals surface area contributed by atoms with Gasteiger partial charge in [0.2, 0.25) is 0 Å². The van der Waals surface area contributed by atoms with Crippen LogP contribution in [0.2, 0.25) is 0 Å². The first-order valence-corrected chi connectivity index (χ1v) is 5.98. The van der Waals surface area contributed by atoms with Gasteiger partial charge in [0.25, 0.3) is 6.43 Å². The summed E-state index contributed by atoms with van der Waals surface area (Å²) in [4.78, 5) is 2.00. The molecule has 2 nitrogen and oxygen atoms in total. The highest BCUT2D eigenvalue weighted by atomic mass is 19.3. The average Bonchev–Trinajstić information content (AvgIpc) is 3.01. The summed E-state index contributed by atoms with van der Waals surface area (Å²) >= 11 is 0. The second-order valence-electron chi connectivity index (χ2n) is 4.79. The molecule has 1 aliphatic carbocycles. The lowest BCUT2D eigenvalue weighted by Gasteiger charge is -2.29. The van der Waals surface area contributed by atoms with Crippen LogP contribution in [0.3, 0.4) is 0 Å². The van der Waals surface area contributed by atoms with Gasteiger partial charge in [-0.25, -0.2) is 8.78 Å². The van der Waals surface area contributed by atoms with Gasteiger partial charge in [-0.2, -0.15) is 0 Å². The minimum Gasteiger partial charge on any atom is -0.316 e. The number of hydrogen-bond acceptors (Lipinski definition) is 2. The van der Waals surface area contributed by atoms with Crippen molar-refractivity contribution in [2.24, 2.45) is 5.92 Å². The Morgan fingerprint density at radius 1 is 1.27 bits per heavy atom. The largest absolute Gasteiger partial charge is 0.316 e. The second-order valence-corrected chi connectivity index (χ2v) is 4.79. The van der Waals surface area contributed by atoms with Crippen molar-refractivity contribution in [3.05, 3.63) is 0 Å². The maximum Gasteiger partial charge on any atom is 0.251 e. The van der Waals surface area contributed by atoms with E-state index in [0.717, 1.165) is 32.5 Å². The van der Waals surface area contributed by atoms with Gasteiger partial charge in [0.1, 0.15) is 0 Å². The molecule has 2 fully saturated rings. The number of rotatable bonds is 5. The van der Waals surface area contributed by atoms with Crippen LogP contribution in [0.15, 0.2) is 0 Å². The molecule has 2 aliphatic rings. The van der Waals surface area contributed by atoms with E-state index in [2.05, 4.69) is 5.32 Å². The van der Waals surface area contributed by atoms with Crippen molar-refractivity contribution in [2.45, 2.75) is 38.2 Å². The molecule has 1 atom stereocenters. The fourth-order valence-corrected chi connectivity index (χ4v) is 2.40.